The summed E-state index contributed by atoms with van der Waals surface area (Å²) in [5, 5.41) is 3.62. The second-order valence-corrected chi connectivity index (χ2v) is 5.23. The molecule has 2 nitrogen and oxygen atoms in total. The van der Waals surface area contributed by atoms with Crippen LogP contribution in [0.15, 0.2) is 23.2 Å². The van der Waals surface area contributed by atoms with Crippen molar-refractivity contribution in [1.29, 1.82) is 0 Å². The van der Waals surface area contributed by atoms with Crippen LogP contribution in [-0.2, 0) is 6.42 Å². The minimum Gasteiger partial charge on any atom is -0.382 e. The summed E-state index contributed by atoms with van der Waals surface area (Å²) in [4.78, 5) is 4.56. The molecule has 92 valence electrons. The van der Waals surface area contributed by atoms with Crippen molar-refractivity contribution in [3.8, 4) is 0 Å². The van der Waals surface area contributed by atoms with Crippen LogP contribution in [0.25, 0.3) is 0 Å². The van der Waals surface area contributed by atoms with Crippen molar-refractivity contribution in [3.05, 3.63) is 29.3 Å². The quantitative estimate of drug-likeness (QED) is 0.844. The van der Waals surface area contributed by atoms with Crippen LogP contribution in [0.3, 0.4) is 0 Å². The lowest BCUT2D eigenvalue weighted by Gasteiger charge is -2.24. The molecule has 0 fully saturated rings. The van der Waals surface area contributed by atoms with E-state index >= 15 is 0 Å². The SMILES string of the molecule is CC1=NCCc2cccc(NC(C)C(C)C)c21. The van der Waals surface area contributed by atoms with Gasteiger partial charge < -0.3 is 5.32 Å². The second-order valence-electron chi connectivity index (χ2n) is 5.23. The Morgan fingerprint density at radius 3 is 2.71 bits per heavy atom. The molecule has 1 aliphatic heterocycles. The number of aliphatic imine (C=N–C) groups is 1. The van der Waals surface area contributed by atoms with E-state index in [1.54, 1.807) is 0 Å². The van der Waals surface area contributed by atoms with E-state index in [1.165, 1.54) is 22.5 Å². The summed E-state index contributed by atoms with van der Waals surface area (Å²) < 4.78 is 0. The summed E-state index contributed by atoms with van der Waals surface area (Å²) in [5.74, 6) is 0.631. The highest BCUT2D eigenvalue weighted by atomic mass is 14.9. The van der Waals surface area contributed by atoms with Crippen LogP contribution in [-0.4, -0.2) is 18.3 Å². The molecular formula is C15H22N2. The predicted molar refractivity (Wildman–Crippen MR) is 75.1 cm³/mol. The van der Waals surface area contributed by atoms with Gasteiger partial charge in [-0.3, -0.25) is 4.99 Å². The molecule has 1 heterocycles. The van der Waals surface area contributed by atoms with Crippen molar-refractivity contribution < 1.29 is 0 Å². The standard InChI is InChI=1S/C15H22N2/c1-10(2)11(3)17-14-7-5-6-13-8-9-16-12(4)15(13)14/h5-7,10-11,17H,8-9H2,1-4H3. The van der Waals surface area contributed by atoms with Crippen molar-refractivity contribution in [2.24, 2.45) is 10.9 Å². The van der Waals surface area contributed by atoms with Gasteiger partial charge in [0.25, 0.3) is 0 Å². The Bertz CT molecular complexity index is 433. The lowest BCUT2D eigenvalue weighted by molar-refractivity contribution is 0.560. The highest BCUT2D eigenvalue weighted by molar-refractivity contribution is 6.05. The number of benzene rings is 1. The van der Waals surface area contributed by atoms with E-state index in [1.807, 2.05) is 0 Å². The van der Waals surface area contributed by atoms with Gasteiger partial charge in [-0.25, -0.2) is 0 Å². The van der Waals surface area contributed by atoms with E-state index in [9.17, 15) is 0 Å². The van der Waals surface area contributed by atoms with Crippen molar-refractivity contribution in [1.82, 2.24) is 0 Å². The average Bonchev–Trinajstić information content (AvgIpc) is 2.29. The van der Waals surface area contributed by atoms with Gasteiger partial charge in [-0.1, -0.05) is 26.0 Å². The molecule has 17 heavy (non-hydrogen) atoms. The Morgan fingerprint density at radius 2 is 2.00 bits per heavy atom. The van der Waals surface area contributed by atoms with E-state index < -0.39 is 0 Å². The first-order valence-electron chi connectivity index (χ1n) is 6.49. The van der Waals surface area contributed by atoms with E-state index in [2.05, 4.69) is 56.2 Å². The Morgan fingerprint density at radius 1 is 1.24 bits per heavy atom. The number of hydrogen-bond donors (Lipinski definition) is 1. The number of anilines is 1. The van der Waals surface area contributed by atoms with E-state index in [-0.39, 0.29) is 0 Å². The van der Waals surface area contributed by atoms with E-state index in [0.29, 0.717) is 12.0 Å². The molecule has 0 aromatic heterocycles. The third-order valence-electron chi connectivity index (χ3n) is 3.63. The molecule has 1 aliphatic rings. The van der Waals surface area contributed by atoms with Gasteiger partial charge in [-0.2, -0.15) is 0 Å². The molecule has 0 amide bonds. The van der Waals surface area contributed by atoms with Crippen LogP contribution in [0, 0.1) is 5.92 Å². The largest absolute Gasteiger partial charge is 0.382 e. The molecule has 0 spiro atoms. The highest BCUT2D eigenvalue weighted by Gasteiger charge is 2.16. The van der Waals surface area contributed by atoms with Gasteiger partial charge in [0.15, 0.2) is 0 Å². The Labute approximate surface area is 104 Å². The minimum atomic E-state index is 0.483. The monoisotopic (exact) mass is 230 g/mol. The molecule has 0 aliphatic carbocycles. The molecule has 2 rings (SSSR count). The first-order valence-corrected chi connectivity index (χ1v) is 6.49. The average molecular weight is 230 g/mol. The Balaban J connectivity index is 2.33. The molecule has 1 aromatic carbocycles. The zero-order valence-corrected chi connectivity index (χ0v) is 11.2. The highest BCUT2D eigenvalue weighted by Crippen LogP contribution is 2.25. The van der Waals surface area contributed by atoms with Crippen molar-refractivity contribution in [2.75, 3.05) is 11.9 Å². The molecular weight excluding hydrogens is 208 g/mol. The summed E-state index contributed by atoms with van der Waals surface area (Å²) in [7, 11) is 0. The molecule has 2 heteroatoms. The molecule has 0 saturated heterocycles. The predicted octanol–water partition coefficient (Wildman–Crippen LogP) is 3.51. The van der Waals surface area contributed by atoms with E-state index in [4.69, 9.17) is 0 Å². The topological polar surface area (TPSA) is 24.4 Å². The van der Waals surface area contributed by atoms with Crippen LogP contribution in [0.5, 0.6) is 0 Å². The maximum atomic E-state index is 4.56. The van der Waals surface area contributed by atoms with Gasteiger partial charge in [-0.15, -0.1) is 0 Å². The van der Waals surface area contributed by atoms with Crippen LogP contribution >= 0.6 is 0 Å². The molecule has 1 N–H and O–H groups in total. The van der Waals surface area contributed by atoms with Gasteiger partial charge in [0, 0.05) is 29.5 Å². The third kappa shape index (κ3) is 2.51. The second kappa shape index (κ2) is 4.91. The Hall–Kier alpha value is -1.31. The number of fused-ring (bicyclic) bond motifs is 1. The van der Waals surface area contributed by atoms with Gasteiger partial charge >= 0.3 is 0 Å². The normalized spacial score (nSPS) is 16.4. The zero-order valence-electron chi connectivity index (χ0n) is 11.2. The molecule has 1 unspecified atom stereocenters. The van der Waals surface area contributed by atoms with Crippen LogP contribution in [0.4, 0.5) is 5.69 Å². The molecule has 0 saturated carbocycles. The lowest BCUT2D eigenvalue weighted by Crippen LogP contribution is -2.24. The van der Waals surface area contributed by atoms with Crippen LogP contribution < -0.4 is 5.32 Å². The summed E-state index contributed by atoms with van der Waals surface area (Å²) in [6.45, 7) is 9.77. The van der Waals surface area contributed by atoms with Gasteiger partial charge in [0.2, 0.25) is 0 Å². The Kier molecular flexibility index (Phi) is 3.51. The lowest BCUT2D eigenvalue weighted by atomic mass is 9.95. The number of hydrogen-bond acceptors (Lipinski definition) is 2. The number of nitrogens with one attached hydrogen (secondary N) is 1. The number of rotatable bonds is 3. The smallest absolute Gasteiger partial charge is 0.0436 e. The fourth-order valence-corrected chi connectivity index (χ4v) is 2.19. The first-order chi connectivity index (χ1) is 8.09. The van der Waals surface area contributed by atoms with Crippen molar-refractivity contribution >= 4 is 11.4 Å². The fourth-order valence-electron chi connectivity index (χ4n) is 2.19. The molecule has 1 atom stereocenters. The summed E-state index contributed by atoms with van der Waals surface area (Å²) in [5.41, 5.74) is 5.17. The first kappa shape index (κ1) is 12.2. The zero-order chi connectivity index (χ0) is 12.4. The van der Waals surface area contributed by atoms with Crippen LogP contribution in [0.1, 0.15) is 38.8 Å². The van der Waals surface area contributed by atoms with Gasteiger partial charge in [0.1, 0.15) is 0 Å². The number of nitrogens with zero attached hydrogens (tertiary/aromatic N) is 1. The fraction of sp³-hybridized carbons (Fsp3) is 0.533. The van der Waals surface area contributed by atoms with Gasteiger partial charge in [0.05, 0.1) is 0 Å². The summed E-state index contributed by atoms with van der Waals surface area (Å²) >= 11 is 0. The maximum Gasteiger partial charge on any atom is 0.0436 e. The van der Waals surface area contributed by atoms with Crippen molar-refractivity contribution in [2.45, 2.75) is 40.2 Å². The summed E-state index contributed by atoms with van der Waals surface area (Å²) in [6.07, 6.45) is 1.07. The van der Waals surface area contributed by atoms with Gasteiger partial charge in [-0.05, 0) is 37.8 Å². The maximum absolute atomic E-state index is 4.56. The molecule has 0 bridgehead atoms. The summed E-state index contributed by atoms with van der Waals surface area (Å²) in [6, 6.07) is 7.02. The minimum absolute atomic E-state index is 0.483. The van der Waals surface area contributed by atoms with E-state index in [0.717, 1.165) is 13.0 Å². The van der Waals surface area contributed by atoms with Crippen LogP contribution in [0.2, 0.25) is 0 Å². The molecule has 0 radical (unpaired) electrons. The van der Waals surface area contributed by atoms with Crippen molar-refractivity contribution in [3.63, 3.8) is 0 Å². The third-order valence-corrected chi connectivity index (χ3v) is 3.63. The molecule has 1 aromatic rings.